The van der Waals surface area contributed by atoms with Gasteiger partial charge in [-0.15, -0.1) is 0 Å². The molecule has 3 aromatic rings. The topological polar surface area (TPSA) is 75.6 Å². The van der Waals surface area contributed by atoms with Gasteiger partial charge in [-0.25, -0.2) is 13.4 Å². The van der Waals surface area contributed by atoms with Crippen molar-refractivity contribution in [3.8, 4) is 0 Å². The van der Waals surface area contributed by atoms with Gasteiger partial charge >= 0.3 is 0 Å². The lowest BCUT2D eigenvalue weighted by Gasteiger charge is -2.05. The summed E-state index contributed by atoms with van der Waals surface area (Å²) in [7, 11) is -3.58. The van der Waals surface area contributed by atoms with E-state index in [1.54, 1.807) is 48.5 Å². The summed E-state index contributed by atoms with van der Waals surface area (Å²) >= 11 is 3.39. The molecule has 0 fully saturated rings. The largest absolute Gasteiger partial charge is 0.320 e. The number of benzene rings is 3. The average molecular weight is 441 g/mol. The van der Waals surface area contributed by atoms with Crippen LogP contribution >= 0.6 is 15.9 Å². The maximum Gasteiger partial charge on any atom is 0.275 e. The molecule has 1 aliphatic heterocycles. The first-order chi connectivity index (χ1) is 12.9. The number of rotatable bonds is 3. The fourth-order valence-electron chi connectivity index (χ4n) is 2.80. The van der Waals surface area contributed by atoms with Crippen molar-refractivity contribution in [3.63, 3.8) is 0 Å². The summed E-state index contributed by atoms with van der Waals surface area (Å²) < 4.78 is 26.1. The summed E-state index contributed by atoms with van der Waals surface area (Å²) in [4.78, 5) is 17.0. The van der Waals surface area contributed by atoms with Crippen LogP contribution in [-0.4, -0.2) is 20.0 Å². The van der Waals surface area contributed by atoms with Crippen molar-refractivity contribution in [1.29, 1.82) is 0 Å². The molecular formula is C20H13BrN2O3S. The zero-order chi connectivity index (χ0) is 19.0. The van der Waals surface area contributed by atoms with Crippen molar-refractivity contribution >= 4 is 48.8 Å². The number of carbonyl (C=O) groups excluding carboxylic acids is 1. The van der Waals surface area contributed by atoms with Crippen LogP contribution in [0.1, 0.15) is 5.56 Å². The van der Waals surface area contributed by atoms with E-state index in [2.05, 4.69) is 26.2 Å². The lowest BCUT2D eigenvalue weighted by atomic mass is 10.1. The van der Waals surface area contributed by atoms with Gasteiger partial charge in [-0.1, -0.05) is 34.1 Å². The van der Waals surface area contributed by atoms with Gasteiger partial charge in [-0.05, 0) is 54.6 Å². The molecule has 1 N–H and O–H groups in total. The zero-order valence-corrected chi connectivity index (χ0v) is 16.3. The van der Waals surface area contributed by atoms with E-state index in [9.17, 15) is 13.2 Å². The third-order valence-electron chi connectivity index (χ3n) is 4.14. The second-order valence-electron chi connectivity index (χ2n) is 5.91. The molecule has 0 spiro atoms. The molecule has 1 heterocycles. The van der Waals surface area contributed by atoms with Crippen LogP contribution in [0, 0.1) is 0 Å². The van der Waals surface area contributed by atoms with Crippen LogP contribution in [0.3, 0.4) is 0 Å². The normalized spacial score (nSPS) is 14.9. The molecule has 0 atom stereocenters. The van der Waals surface area contributed by atoms with Crippen LogP contribution in [0.2, 0.25) is 0 Å². The smallest absolute Gasteiger partial charge is 0.275 e. The molecule has 0 bridgehead atoms. The van der Waals surface area contributed by atoms with Crippen molar-refractivity contribution in [2.45, 2.75) is 9.79 Å². The molecular weight excluding hydrogens is 428 g/mol. The SMILES string of the molecule is O=C1Nc2ccc(Br)cc2C1=Nc1ccc(S(=O)(=O)c2ccccc2)cc1. The molecule has 1 amide bonds. The highest BCUT2D eigenvalue weighted by molar-refractivity contribution is 9.10. The fourth-order valence-corrected chi connectivity index (χ4v) is 4.44. The van der Waals surface area contributed by atoms with E-state index in [4.69, 9.17) is 0 Å². The van der Waals surface area contributed by atoms with Gasteiger partial charge in [-0.3, -0.25) is 4.79 Å². The Balaban J connectivity index is 1.69. The third kappa shape index (κ3) is 3.31. The summed E-state index contributed by atoms with van der Waals surface area (Å²) in [6.45, 7) is 0. The minimum atomic E-state index is -3.58. The molecule has 1 aliphatic rings. The highest BCUT2D eigenvalue weighted by Gasteiger charge is 2.26. The number of aliphatic imine (C=N–C) groups is 1. The maximum absolute atomic E-state index is 12.6. The second kappa shape index (κ2) is 6.75. The Bertz CT molecular complexity index is 1170. The first kappa shape index (κ1) is 17.6. The lowest BCUT2D eigenvalue weighted by molar-refractivity contribution is -0.110. The van der Waals surface area contributed by atoms with Crippen molar-refractivity contribution in [1.82, 2.24) is 0 Å². The predicted molar refractivity (Wildman–Crippen MR) is 107 cm³/mol. The van der Waals surface area contributed by atoms with Gasteiger partial charge in [0.1, 0.15) is 5.71 Å². The van der Waals surface area contributed by atoms with Gasteiger partial charge in [0.05, 0.1) is 21.2 Å². The van der Waals surface area contributed by atoms with Crippen LogP contribution in [0.5, 0.6) is 0 Å². The van der Waals surface area contributed by atoms with Gasteiger partial charge in [-0.2, -0.15) is 0 Å². The highest BCUT2D eigenvalue weighted by atomic mass is 79.9. The number of halogens is 1. The fraction of sp³-hybridized carbons (Fsp3) is 0. The molecule has 5 nitrogen and oxygen atoms in total. The Morgan fingerprint density at radius 1 is 0.852 bits per heavy atom. The van der Waals surface area contributed by atoms with Gasteiger partial charge in [0.15, 0.2) is 0 Å². The number of fused-ring (bicyclic) bond motifs is 1. The quantitative estimate of drug-likeness (QED) is 0.657. The number of anilines is 1. The van der Waals surface area contributed by atoms with Crippen LogP contribution in [0.4, 0.5) is 11.4 Å². The van der Waals surface area contributed by atoms with Crippen molar-refractivity contribution in [2.24, 2.45) is 4.99 Å². The molecule has 3 aromatic carbocycles. The predicted octanol–water partition coefficient (Wildman–Crippen LogP) is 4.35. The van der Waals surface area contributed by atoms with Gasteiger partial charge in [0.25, 0.3) is 5.91 Å². The molecule has 134 valence electrons. The van der Waals surface area contributed by atoms with E-state index in [0.29, 0.717) is 22.6 Å². The number of carbonyl (C=O) groups is 1. The summed E-state index contributed by atoms with van der Waals surface area (Å²) in [6, 6.07) is 19.9. The van der Waals surface area contributed by atoms with Crippen LogP contribution in [-0.2, 0) is 14.6 Å². The molecule has 0 unspecified atom stereocenters. The summed E-state index contributed by atoms with van der Waals surface area (Å²) in [6.07, 6.45) is 0. The van der Waals surface area contributed by atoms with E-state index >= 15 is 0 Å². The van der Waals surface area contributed by atoms with Crippen LogP contribution in [0.25, 0.3) is 0 Å². The number of nitrogens with zero attached hydrogens (tertiary/aromatic N) is 1. The molecule has 4 rings (SSSR count). The molecule has 27 heavy (non-hydrogen) atoms. The summed E-state index contributed by atoms with van der Waals surface area (Å²) in [5.41, 5.74) is 2.20. The van der Waals surface area contributed by atoms with E-state index < -0.39 is 9.84 Å². The van der Waals surface area contributed by atoms with Crippen molar-refractivity contribution in [2.75, 3.05) is 5.32 Å². The van der Waals surface area contributed by atoms with Crippen LogP contribution < -0.4 is 5.32 Å². The lowest BCUT2D eigenvalue weighted by Crippen LogP contribution is -2.13. The van der Waals surface area contributed by atoms with Crippen molar-refractivity contribution in [3.05, 3.63) is 82.8 Å². The Kier molecular flexibility index (Phi) is 4.41. The number of sulfone groups is 1. The number of hydrogen-bond donors (Lipinski definition) is 1. The molecule has 0 aromatic heterocycles. The molecule has 0 aliphatic carbocycles. The van der Waals surface area contributed by atoms with Crippen molar-refractivity contribution < 1.29 is 13.2 Å². The Hall–Kier alpha value is -2.77. The van der Waals surface area contributed by atoms with Gasteiger partial charge < -0.3 is 5.32 Å². The Morgan fingerprint density at radius 3 is 2.22 bits per heavy atom. The summed E-state index contributed by atoms with van der Waals surface area (Å²) in [5, 5.41) is 2.77. The van der Waals surface area contributed by atoms with E-state index in [-0.39, 0.29) is 15.7 Å². The van der Waals surface area contributed by atoms with Gasteiger partial charge in [0.2, 0.25) is 9.84 Å². The highest BCUT2D eigenvalue weighted by Crippen LogP contribution is 2.29. The molecule has 7 heteroatoms. The number of nitrogens with one attached hydrogen (secondary N) is 1. The maximum atomic E-state index is 12.6. The van der Waals surface area contributed by atoms with E-state index in [0.717, 1.165) is 4.47 Å². The molecule has 0 radical (unpaired) electrons. The third-order valence-corrected chi connectivity index (χ3v) is 6.42. The first-order valence-corrected chi connectivity index (χ1v) is 10.3. The summed E-state index contributed by atoms with van der Waals surface area (Å²) in [5.74, 6) is -0.288. The minimum Gasteiger partial charge on any atom is -0.320 e. The second-order valence-corrected chi connectivity index (χ2v) is 8.78. The monoisotopic (exact) mass is 440 g/mol. The Labute approximate surface area is 164 Å². The first-order valence-electron chi connectivity index (χ1n) is 8.05. The van der Waals surface area contributed by atoms with Gasteiger partial charge in [0, 0.05) is 10.0 Å². The van der Waals surface area contributed by atoms with E-state index in [1.807, 2.05) is 12.1 Å². The van der Waals surface area contributed by atoms with Crippen LogP contribution in [0.15, 0.2) is 92.1 Å². The minimum absolute atomic E-state index is 0.177. The molecule has 0 saturated heterocycles. The number of hydrogen-bond acceptors (Lipinski definition) is 4. The standard InChI is InChI=1S/C20H13BrN2O3S/c21-13-6-11-18-17(12-13)19(20(24)23-18)22-14-7-9-16(10-8-14)27(25,26)15-4-2-1-3-5-15/h1-12H,(H,22,23,24). The molecule has 0 saturated carbocycles. The average Bonchev–Trinajstić information content (AvgIpc) is 2.98. The number of amides is 1. The van der Waals surface area contributed by atoms with E-state index in [1.165, 1.54) is 12.1 Å². The Morgan fingerprint density at radius 2 is 1.52 bits per heavy atom. The zero-order valence-electron chi connectivity index (χ0n) is 13.9.